The van der Waals surface area contributed by atoms with Crippen LogP contribution in [0.2, 0.25) is 0 Å². The van der Waals surface area contributed by atoms with Crippen LogP contribution in [0.25, 0.3) is 0 Å². The van der Waals surface area contributed by atoms with Crippen molar-refractivity contribution in [3.8, 4) is 11.5 Å². The minimum Gasteiger partial charge on any atom is -0.493 e. The molecule has 1 heterocycles. The van der Waals surface area contributed by atoms with E-state index in [9.17, 15) is 13.2 Å². The van der Waals surface area contributed by atoms with Crippen molar-refractivity contribution in [3.63, 3.8) is 0 Å². The first kappa shape index (κ1) is 23.3. The molecule has 2 N–H and O–H groups in total. The number of hydrogen-bond acceptors (Lipinski definition) is 6. The topological polar surface area (TPSA) is 112 Å². The van der Waals surface area contributed by atoms with Crippen LogP contribution in [0.1, 0.15) is 17.8 Å². The highest BCUT2D eigenvalue weighted by atomic mass is 32.2. The van der Waals surface area contributed by atoms with Crippen LogP contribution < -0.4 is 19.5 Å². The van der Waals surface area contributed by atoms with Crippen LogP contribution in [0.3, 0.4) is 0 Å². The summed E-state index contributed by atoms with van der Waals surface area (Å²) in [4.78, 5) is 16.4. The lowest BCUT2D eigenvalue weighted by atomic mass is 10.2. The molecule has 3 rings (SSSR count). The average Bonchev–Trinajstić information content (AvgIpc) is 3.18. The number of aryl methyl sites for hydroxylation is 1. The van der Waals surface area contributed by atoms with Gasteiger partial charge in [0.15, 0.2) is 11.5 Å². The second-order valence-electron chi connectivity index (χ2n) is 7.01. The first-order valence-corrected chi connectivity index (χ1v) is 11.4. The number of anilines is 1. The van der Waals surface area contributed by atoms with Gasteiger partial charge in [0.1, 0.15) is 5.82 Å². The molecule has 3 aromatic rings. The lowest BCUT2D eigenvalue weighted by Gasteiger charge is -2.11. The van der Waals surface area contributed by atoms with Gasteiger partial charge >= 0.3 is 0 Å². The smallest absolute Gasteiger partial charge is 0.240 e. The maximum Gasteiger partial charge on any atom is 0.240 e. The number of nitrogens with zero attached hydrogens (tertiary/aromatic N) is 2. The SMILES string of the molecule is COc1ccc(S(=O)(=O)NCCC(=O)Nc2ccc(Cn3ccnc3C)cc2)cc1OC. The van der Waals surface area contributed by atoms with Gasteiger partial charge in [-0.05, 0) is 36.8 Å². The van der Waals surface area contributed by atoms with Crippen molar-refractivity contribution < 1.29 is 22.7 Å². The van der Waals surface area contributed by atoms with Gasteiger partial charge in [-0.15, -0.1) is 0 Å². The molecular formula is C22H26N4O5S. The predicted molar refractivity (Wildman–Crippen MR) is 120 cm³/mol. The lowest BCUT2D eigenvalue weighted by molar-refractivity contribution is -0.116. The van der Waals surface area contributed by atoms with E-state index in [0.717, 1.165) is 11.4 Å². The second kappa shape index (κ2) is 10.3. The van der Waals surface area contributed by atoms with Gasteiger partial charge < -0.3 is 19.4 Å². The van der Waals surface area contributed by atoms with Crippen molar-refractivity contribution in [2.45, 2.75) is 24.8 Å². The van der Waals surface area contributed by atoms with E-state index in [0.29, 0.717) is 23.7 Å². The molecule has 0 bridgehead atoms. The quantitative estimate of drug-likeness (QED) is 0.483. The molecule has 0 aliphatic carbocycles. The molecule has 10 heteroatoms. The fourth-order valence-electron chi connectivity index (χ4n) is 3.05. The highest BCUT2D eigenvalue weighted by Gasteiger charge is 2.17. The van der Waals surface area contributed by atoms with Gasteiger partial charge in [-0.25, -0.2) is 18.1 Å². The number of nitrogens with one attached hydrogen (secondary N) is 2. The van der Waals surface area contributed by atoms with Crippen molar-refractivity contribution >= 4 is 21.6 Å². The molecular weight excluding hydrogens is 432 g/mol. The number of carbonyl (C=O) groups is 1. The van der Waals surface area contributed by atoms with Gasteiger partial charge in [0, 0.05) is 43.7 Å². The Kier molecular flexibility index (Phi) is 7.49. The molecule has 0 saturated heterocycles. The molecule has 0 spiro atoms. The van der Waals surface area contributed by atoms with Crippen molar-refractivity contribution in [1.29, 1.82) is 0 Å². The molecule has 170 valence electrons. The first-order chi connectivity index (χ1) is 15.3. The lowest BCUT2D eigenvalue weighted by Crippen LogP contribution is -2.27. The van der Waals surface area contributed by atoms with Gasteiger partial charge in [0.2, 0.25) is 15.9 Å². The Morgan fingerprint density at radius 3 is 2.41 bits per heavy atom. The first-order valence-electron chi connectivity index (χ1n) is 9.90. The average molecular weight is 459 g/mol. The molecule has 1 aromatic heterocycles. The Morgan fingerprint density at radius 2 is 1.78 bits per heavy atom. The van der Waals surface area contributed by atoms with Gasteiger partial charge in [0.25, 0.3) is 0 Å². The number of imidazole rings is 1. The monoisotopic (exact) mass is 458 g/mol. The molecule has 9 nitrogen and oxygen atoms in total. The number of hydrogen-bond donors (Lipinski definition) is 2. The van der Waals surface area contributed by atoms with E-state index in [2.05, 4.69) is 15.0 Å². The summed E-state index contributed by atoms with van der Waals surface area (Å²) in [5, 5.41) is 2.77. The van der Waals surface area contributed by atoms with Gasteiger partial charge in [0.05, 0.1) is 19.1 Å². The number of aromatic nitrogens is 2. The zero-order valence-corrected chi connectivity index (χ0v) is 19.0. The van der Waals surface area contributed by atoms with Gasteiger partial charge in [-0.3, -0.25) is 4.79 Å². The number of ether oxygens (including phenoxy) is 2. The van der Waals surface area contributed by atoms with Crippen LogP contribution in [0.15, 0.2) is 59.8 Å². The summed E-state index contributed by atoms with van der Waals surface area (Å²) in [6.45, 7) is 2.59. The minimum atomic E-state index is -3.79. The largest absolute Gasteiger partial charge is 0.493 e. The van der Waals surface area contributed by atoms with Crippen molar-refractivity contribution in [3.05, 3.63) is 66.2 Å². The Morgan fingerprint density at radius 1 is 1.06 bits per heavy atom. The molecule has 0 unspecified atom stereocenters. The normalized spacial score (nSPS) is 11.2. The number of benzene rings is 2. The maximum atomic E-state index is 12.5. The molecule has 2 aromatic carbocycles. The Hall–Kier alpha value is -3.37. The Balaban J connectivity index is 1.51. The van der Waals surface area contributed by atoms with E-state index >= 15 is 0 Å². The summed E-state index contributed by atoms with van der Waals surface area (Å²) in [5.74, 6) is 1.37. The third-order valence-corrected chi connectivity index (χ3v) is 6.28. The molecule has 1 amide bonds. The van der Waals surface area contributed by atoms with Crippen LogP contribution in [-0.2, 0) is 21.4 Å². The standard InChI is InChI=1S/C22H26N4O5S/c1-16-23-12-13-26(16)15-17-4-6-18(7-5-17)25-22(27)10-11-24-32(28,29)19-8-9-20(30-2)21(14-19)31-3/h4-9,12-14,24H,10-11,15H2,1-3H3,(H,25,27). The summed E-state index contributed by atoms with van der Waals surface area (Å²) < 4.78 is 39.7. The molecule has 0 saturated carbocycles. The third kappa shape index (κ3) is 5.86. The Bertz CT molecular complexity index is 1170. The number of sulfonamides is 1. The van der Waals surface area contributed by atoms with E-state index in [1.165, 1.54) is 32.4 Å². The number of rotatable bonds is 10. The molecule has 32 heavy (non-hydrogen) atoms. The highest BCUT2D eigenvalue weighted by Crippen LogP contribution is 2.29. The van der Waals surface area contributed by atoms with Crippen LogP contribution in [0.4, 0.5) is 5.69 Å². The summed E-state index contributed by atoms with van der Waals surface area (Å²) in [5.41, 5.74) is 1.72. The van der Waals surface area contributed by atoms with Gasteiger partial charge in [-0.2, -0.15) is 0 Å². The highest BCUT2D eigenvalue weighted by molar-refractivity contribution is 7.89. The number of methoxy groups -OCH3 is 2. The van der Waals surface area contributed by atoms with Crippen molar-refractivity contribution in [2.24, 2.45) is 0 Å². The zero-order valence-electron chi connectivity index (χ0n) is 18.2. The minimum absolute atomic E-state index is 0.0114. The Labute approximate surface area is 187 Å². The van der Waals surface area contributed by atoms with Crippen molar-refractivity contribution in [1.82, 2.24) is 14.3 Å². The van der Waals surface area contributed by atoms with E-state index in [4.69, 9.17) is 9.47 Å². The second-order valence-corrected chi connectivity index (χ2v) is 8.78. The number of carbonyl (C=O) groups excluding carboxylic acids is 1. The molecule has 0 radical (unpaired) electrons. The van der Waals surface area contributed by atoms with E-state index < -0.39 is 10.0 Å². The van der Waals surface area contributed by atoms with Crippen molar-refractivity contribution in [2.75, 3.05) is 26.1 Å². The summed E-state index contributed by atoms with van der Waals surface area (Å²) >= 11 is 0. The third-order valence-electron chi connectivity index (χ3n) is 4.82. The van der Waals surface area contributed by atoms with Crippen LogP contribution in [-0.4, -0.2) is 44.6 Å². The predicted octanol–water partition coefficient (Wildman–Crippen LogP) is 2.56. The number of amides is 1. The van der Waals surface area contributed by atoms with Crippen LogP contribution >= 0.6 is 0 Å². The van der Waals surface area contributed by atoms with E-state index in [1.54, 1.807) is 6.20 Å². The summed E-state index contributed by atoms with van der Waals surface area (Å²) in [6.07, 6.45) is 3.65. The van der Waals surface area contributed by atoms with Crippen LogP contribution in [0.5, 0.6) is 11.5 Å². The summed E-state index contributed by atoms with van der Waals surface area (Å²) in [6, 6.07) is 11.8. The van der Waals surface area contributed by atoms with Gasteiger partial charge in [-0.1, -0.05) is 12.1 Å². The van der Waals surface area contributed by atoms with E-state index in [1.807, 2.05) is 42.0 Å². The molecule has 0 aliphatic rings. The maximum absolute atomic E-state index is 12.5. The fourth-order valence-corrected chi connectivity index (χ4v) is 4.10. The van der Waals surface area contributed by atoms with E-state index in [-0.39, 0.29) is 23.8 Å². The summed E-state index contributed by atoms with van der Waals surface area (Å²) in [7, 11) is -0.896. The van der Waals surface area contributed by atoms with Crippen LogP contribution in [0, 0.1) is 6.92 Å². The molecule has 0 fully saturated rings. The molecule has 0 atom stereocenters. The zero-order chi connectivity index (χ0) is 23.1. The molecule has 0 aliphatic heterocycles. The fraction of sp³-hybridized carbons (Fsp3) is 0.273.